The molecule has 0 aliphatic heterocycles. The van der Waals surface area contributed by atoms with Crippen molar-refractivity contribution in [3.05, 3.63) is 75.7 Å². The molecular weight excluding hydrogens is 344 g/mol. The number of carbonyl (C=O) groups excluding carboxylic acids is 1. The first-order valence-electron chi connectivity index (χ1n) is 8.56. The number of anilines is 1. The topological polar surface area (TPSA) is 51.2 Å². The molecule has 4 nitrogen and oxygen atoms in total. The zero-order chi connectivity index (χ0) is 18.5. The fraction of sp³-hybridized carbons (Fsp3) is 0.238. The molecule has 3 aromatic rings. The molecular formula is C21H22N2O2S. The summed E-state index contributed by atoms with van der Waals surface area (Å²) in [4.78, 5) is 16.9. The fourth-order valence-corrected chi connectivity index (χ4v) is 3.11. The number of nitrogens with zero attached hydrogens (tertiary/aromatic N) is 1. The lowest BCUT2D eigenvalue weighted by molar-refractivity contribution is 0.102. The number of ether oxygens (including phenoxy) is 1. The maximum Gasteiger partial charge on any atom is 0.255 e. The zero-order valence-corrected chi connectivity index (χ0v) is 16.0. The molecule has 0 saturated heterocycles. The highest BCUT2D eigenvalue weighted by atomic mass is 32.1. The van der Waals surface area contributed by atoms with E-state index in [1.54, 1.807) is 23.5 Å². The van der Waals surface area contributed by atoms with E-state index < -0.39 is 0 Å². The zero-order valence-electron chi connectivity index (χ0n) is 15.2. The first kappa shape index (κ1) is 18.1. The summed E-state index contributed by atoms with van der Waals surface area (Å²) in [5, 5.41) is 5.92. The van der Waals surface area contributed by atoms with E-state index in [4.69, 9.17) is 4.74 Å². The molecule has 1 aromatic heterocycles. The van der Waals surface area contributed by atoms with Crippen molar-refractivity contribution in [2.75, 3.05) is 5.32 Å². The van der Waals surface area contributed by atoms with Crippen LogP contribution in [-0.4, -0.2) is 10.9 Å². The molecule has 26 heavy (non-hydrogen) atoms. The number of rotatable bonds is 6. The van der Waals surface area contributed by atoms with E-state index in [1.165, 1.54) is 5.56 Å². The Bertz CT molecular complexity index is 885. The van der Waals surface area contributed by atoms with Crippen molar-refractivity contribution in [1.82, 2.24) is 4.98 Å². The summed E-state index contributed by atoms with van der Waals surface area (Å²) in [6.07, 6.45) is 0. The summed E-state index contributed by atoms with van der Waals surface area (Å²) < 4.78 is 5.75. The monoisotopic (exact) mass is 366 g/mol. The molecule has 1 N–H and O–H groups in total. The van der Waals surface area contributed by atoms with Gasteiger partial charge in [0.1, 0.15) is 12.4 Å². The molecule has 0 saturated carbocycles. The number of aryl methyl sites for hydroxylation is 1. The third kappa shape index (κ3) is 4.70. The third-order valence-corrected chi connectivity index (χ3v) is 4.81. The number of aromatic nitrogens is 1. The van der Waals surface area contributed by atoms with E-state index in [1.807, 2.05) is 48.7 Å². The number of hydrogen-bond acceptors (Lipinski definition) is 4. The van der Waals surface area contributed by atoms with Crippen molar-refractivity contribution in [3.8, 4) is 5.75 Å². The van der Waals surface area contributed by atoms with Crippen molar-refractivity contribution in [3.63, 3.8) is 0 Å². The maximum atomic E-state index is 12.5. The molecule has 1 amide bonds. The number of thiazole rings is 1. The van der Waals surface area contributed by atoms with Crippen LogP contribution in [-0.2, 0) is 6.61 Å². The van der Waals surface area contributed by atoms with E-state index >= 15 is 0 Å². The number of amides is 1. The lowest BCUT2D eigenvalue weighted by atomic mass is 10.0. The minimum Gasteiger partial charge on any atom is -0.487 e. The highest BCUT2D eigenvalue weighted by Gasteiger charge is 2.08. The Morgan fingerprint density at radius 3 is 2.62 bits per heavy atom. The lowest BCUT2D eigenvalue weighted by Gasteiger charge is -2.10. The Morgan fingerprint density at radius 1 is 1.19 bits per heavy atom. The van der Waals surface area contributed by atoms with Crippen LogP contribution in [0.4, 0.5) is 5.69 Å². The Morgan fingerprint density at radius 2 is 1.96 bits per heavy atom. The van der Waals surface area contributed by atoms with Gasteiger partial charge < -0.3 is 10.1 Å². The van der Waals surface area contributed by atoms with Crippen molar-refractivity contribution in [2.24, 2.45) is 0 Å². The van der Waals surface area contributed by atoms with Crippen molar-refractivity contribution in [2.45, 2.75) is 33.3 Å². The second-order valence-electron chi connectivity index (χ2n) is 6.41. The molecule has 0 spiro atoms. The predicted octanol–water partition coefficient (Wildman–Crippen LogP) is 5.41. The van der Waals surface area contributed by atoms with Crippen LogP contribution in [0.2, 0.25) is 0 Å². The Hall–Kier alpha value is -2.66. The minimum absolute atomic E-state index is 0.155. The Balaban J connectivity index is 1.63. The van der Waals surface area contributed by atoms with Crippen LogP contribution in [0.5, 0.6) is 5.75 Å². The molecule has 0 unspecified atom stereocenters. The van der Waals surface area contributed by atoms with Crippen LogP contribution >= 0.6 is 11.3 Å². The summed E-state index contributed by atoms with van der Waals surface area (Å²) in [6, 6.07) is 15.1. The van der Waals surface area contributed by atoms with E-state index in [0.717, 1.165) is 16.4 Å². The molecule has 0 radical (unpaired) electrons. The largest absolute Gasteiger partial charge is 0.487 e. The molecule has 0 aliphatic carbocycles. The third-order valence-electron chi connectivity index (χ3n) is 3.98. The number of hydrogen-bond donors (Lipinski definition) is 1. The van der Waals surface area contributed by atoms with Gasteiger partial charge in [0.05, 0.1) is 10.7 Å². The summed E-state index contributed by atoms with van der Waals surface area (Å²) in [7, 11) is 0. The van der Waals surface area contributed by atoms with E-state index in [9.17, 15) is 4.79 Å². The quantitative estimate of drug-likeness (QED) is 0.635. The predicted molar refractivity (Wildman–Crippen MR) is 106 cm³/mol. The molecule has 0 fully saturated rings. The Labute approximate surface area is 157 Å². The summed E-state index contributed by atoms with van der Waals surface area (Å²) in [5.74, 6) is 0.964. The van der Waals surface area contributed by atoms with Gasteiger partial charge in [-0.1, -0.05) is 32.0 Å². The van der Waals surface area contributed by atoms with Gasteiger partial charge in [0.15, 0.2) is 0 Å². The molecule has 3 rings (SSSR count). The van der Waals surface area contributed by atoms with Gasteiger partial charge in [0.25, 0.3) is 5.91 Å². The van der Waals surface area contributed by atoms with Crippen molar-refractivity contribution in [1.29, 1.82) is 0 Å². The van der Waals surface area contributed by atoms with Gasteiger partial charge in [-0.2, -0.15) is 0 Å². The molecule has 1 heterocycles. The van der Waals surface area contributed by atoms with Crippen LogP contribution in [0.3, 0.4) is 0 Å². The van der Waals surface area contributed by atoms with Crippen LogP contribution in [0.25, 0.3) is 0 Å². The number of carbonyl (C=O) groups is 1. The number of nitrogens with one attached hydrogen (secondary N) is 1. The normalized spacial score (nSPS) is 10.8. The minimum atomic E-state index is -0.155. The fourth-order valence-electron chi connectivity index (χ4n) is 2.51. The molecule has 5 heteroatoms. The molecule has 2 aromatic carbocycles. The smallest absolute Gasteiger partial charge is 0.255 e. The van der Waals surface area contributed by atoms with Crippen LogP contribution in [0, 0.1) is 6.92 Å². The molecule has 0 atom stereocenters. The first-order chi connectivity index (χ1) is 12.5. The van der Waals surface area contributed by atoms with Gasteiger partial charge in [-0.15, -0.1) is 11.3 Å². The van der Waals surface area contributed by atoms with Gasteiger partial charge in [0.2, 0.25) is 0 Å². The summed E-state index contributed by atoms with van der Waals surface area (Å²) in [5.41, 5.74) is 3.48. The van der Waals surface area contributed by atoms with Gasteiger partial charge in [-0.25, -0.2) is 4.98 Å². The summed E-state index contributed by atoms with van der Waals surface area (Å²) >= 11 is 1.60. The molecule has 0 bridgehead atoms. The van der Waals surface area contributed by atoms with E-state index in [0.29, 0.717) is 23.8 Å². The van der Waals surface area contributed by atoms with Gasteiger partial charge in [-0.3, -0.25) is 4.79 Å². The van der Waals surface area contributed by atoms with Crippen LogP contribution in [0.15, 0.2) is 53.9 Å². The standard InChI is InChI=1S/C21H22N2O2S/c1-14(2)16-7-9-18(10-8-16)23-21(24)17-5-4-6-20(11-17)25-12-19-13-26-15(3)22-19/h4-11,13-14H,12H2,1-3H3,(H,23,24). The van der Waals surface area contributed by atoms with Gasteiger partial charge in [-0.05, 0) is 48.7 Å². The van der Waals surface area contributed by atoms with Crippen LogP contribution in [0.1, 0.15) is 46.4 Å². The van der Waals surface area contributed by atoms with Crippen molar-refractivity contribution >= 4 is 22.9 Å². The second kappa shape index (κ2) is 8.15. The lowest BCUT2D eigenvalue weighted by Crippen LogP contribution is -2.12. The first-order valence-corrected chi connectivity index (χ1v) is 9.44. The van der Waals surface area contributed by atoms with Crippen LogP contribution < -0.4 is 10.1 Å². The van der Waals surface area contributed by atoms with Gasteiger partial charge in [0, 0.05) is 16.6 Å². The number of benzene rings is 2. The van der Waals surface area contributed by atoms with Crippen molar-refractivity contribution < 1.29 is 9.53 Å². The van der Waals surface area contributed by atoms with E-state index in [-0.39, 0.29) is 5.91 Å². The van der Waals surface area contributed by atoms with Gasteiger partial charge >= 0.3 is 0 Å². The average Bonchev–Trinajstić information content (AvgIpc) is 3.06. The molecule has 134 valence electrons. The average molecular weight is 366 g/mol. The Kier molecular flexibility index (Phi) is 5.68. The SMILES string of the molecule is Cc1nc(COc2cccc(C(=O)Nc3ccc(C(C)C)cc3)c2)cs1. The maximum absolute atomic E-state index is 12.5. The molecule has 0 aliphatic rings. The summed E-state index contributed by atoms with van der Waals surface area (Å²) in [6.45, 7) is 6.65. The second-order valence-corrected chi connectivity index (χ2v) is 7.47. The highest BCUT2D eigenvalue weighted by Crippen LogP contribution is 2.20. The van der Waals surface area contributed by atoms with E-state index in [2.05, 4.69) is 24.1 Å². The highest BCUT2D eigenvalue weighted by molar-refractivity contribution is 7.09.